The highest BCUT2D eigenvalue weighted by atomic mass is 16.4. The molecule has 24 heavy (non-hydrogen) atoms. The van der Waals surface area contributed by atoms with Crippen LogP contribution in [0.3, 0.4) is 0 Å². The average Bonchev–Trinajstić information content (AvgIpc) is 2.54. The predicted molar refractivity (Wildman–Crippen MR) is 101 cm³/mol. The Morgan fingerprint density at radius 3 is 1.96 bits per heavy atom. The molecule has 0 radical (unpaired) electrons. The molecule has 0 saturated heterocycles. The van der Waals surface area contributed by atoms with Gasteiger partial charge in [0.05, 0.1) is 5.92 Å². The zero-order valence-electron chi connectivity index (χ0n) is 15.3. The van der Waals surface area contributed by atoms with E-state index in [0.29, 0.717) is 18.3 Å². The predicted octanol–water partition coefficient (Wildman–Crippen LogP) is 5.86. The second kappa shape index (κ2) is 7.65. The lowest BCUT2D eigenvalue weighted by atomic mass is 9.88. The standard InChI is InChI=1S/C22H28O2/c1-14(2)18-11-19(15(3)4)13-20(12-18)21-9-7-6-8-17(21)10-16(5)22(23)24/h6-9,11-16H,10H2,1-5H3,(H,23,24). The summed E-state index contributed by atoms with van der Waals surface area (Å²) in [7, 11) is 0. The van der Waals surface area contributed by atoms with E-state index in [2.05, 4.69) is 52.0 Å². The number of carbonyl (C=O) groups is 1. The monoisotopic (exact) mass is 324 g/mol. The van der Waals surface area contributed by atoms with Crippen LogP contribution in [0.1, 0.15) is 63.1 Å². The number of carboxylic acids is 1. The number of aliphatic carboxylic acids is 1. The van der Waals surface area contributed by atoms with E-state index in [1.165, 1.54) is 16.7 Å². The van der Waals surface area contributed by atoms with Gasteiger partial charge < -0.3 is 5.11 Å². The van der Waals surface area contributed by atoms with E-state index in [9.17, 15) is 9.90 Å². The van der Waals surface area contributed by atoms with Gasteiger partial charge in [-0.1, -0.05) is 77.1 Å². The van der Waals surface area contributed by atoms with Gasteiger partial charge in [-0.3, -0.25) is 4.79 Å². The minimum Gasteiger partial charge on any atom is -0.481 e. The topological polar surface area (TPSA) is 37.3 Å². The first kappa shape index (κ1) is 18.3. The van der Waals surface area contributed by atoms with Crippen molar-refractivity contribution in [3.05, 3.63) is 59.2 Å². The van der Waals surface area contributed by atoms with Crippen molar-refractivity contribution in [3.63, 3.8) is 0 Å². The molecule has 0 bridgehead atoms. The summed E-state index contributed by atoms with van der Waals surface area (Å²) in [5, 5.41) is 9.24. The van der Waals surface area contributed by atoms with Gasteiger partial charge in [-0.15, -0.1) is 0 Å². The molecular weight excluding hydrogens is 296 g/mol. The van der Waals surface area contributed by atoms with Gasteiger partial charge in [0.2, 0.25) is 0 Å². The summed E-state index contributed by atoms with van der Waals surface area (Å²) in [5.74, 6) is -0.201. The maximum absolute atomic E-state index is 11.2. The van der Waals surface area contributed by atoms with E-state index in [0.717, 1.165) is 11.1 Å². The largest absolute Gasteiger partial charge is 0.481 e. The summed E-state index contributed by atoms with van der Waals surface area (Å²) in [6.45, 7) is 10.6. The second-order valence-corrected chi connectivity index (χ2v) is 7.30. The smallest absolute Gasteiger partial charge is 0.306 e. The van der Waals surface area contributed by atoms with Gasteiger partial charge in [0.1, 0.15) is 0 Å². The van der Waals surface area contributed by atoms with Gasteiger partial charge in [-0.25, -0.2) is 0 Å². The van der Waals surface area contributed by atoms with Gasteiger partial charge in [0, 0.05) is 0 Å². The summed E-state index contributed by atoms with van der Waals surface area (Å²) in [5.41, 5.74) is 6.10. The number of hydrogen-bond acceptors (Lipinski definition) is 1. The number of rotatable bonds is 6. The minimum absolute atomic E-state index is 0.385. The minimum atomic E-state index is -0.747. The molecule has 0 aliphatic rings. The molecule has 2 heteroatoms. The maximum Gasteiger partial charge on any atom is 0.306 e. The Bertz CT molecular complexity index is 687. The quantitative estimate of drug-likeness (QED) is 0.722. The first-order valence-electron chi connectivity index (χ1n) is 8.75. The maximum atomic E-state index is 11.2. The molecular formula is C22H28O2. The van der Waals surface area contributed by atoms with Crippen molar-refractivity contribution in [1.82, 2.24) is 0 Å². The van der Waals surface area contributed by atoms with Crippen LogP contribution in [0.15, 0.2) is 42.5 Å². The molecule has 0 saturated carbocycles. The number of benzene rings is 2. The number of carboxylic acid groups (broad SMARTS) is 1. The van der Waals surface area contributed by atoms with Crippen LogP contribution in [-0.4, -0.2) is 11.1 Å². The third-order valence-electron chi connectivity index (χ3n) is 4.59. The van der Waals surface area contributed by atoms with Crippen molar-refractivity contribution < 1.29 is 9.90 Å². The molecule has 2 aromatic carbocycles. The van der Waals surface area contributed by atoms with Gasteiger partial charge >= 0.3 is 5.97 Å². The van der Waals surface area contributed by atoms with E-state index in [1.807, 2.05) is 18.2 Å². The fourth-order valence-electron chi connectivity index (χ4n) is 2.90. The van der Waals surface area contributed by atoms with Crippen LogP contribution in [0.25, 0.3) is 11.1 Å². The zero-order chi connectivity index (χ0) is 17.9. The molecule has 0 aliphatic carbocycles. The molecule has 0 heterocycles. The second-order valence-electron chi connectivity index (χ2n) is 7.30. The van der Waals surface area contributed by atoms with E-state index in [-0.39, 0.29) is 5.92 Å². The van der Waals surface area contributed by atoms with Crippen LogP contribution < -0.4 is 0 Å². The first-order valence-corrected chi connectivity index (χ1v) is 8.75. The van der Waals surface area contributed by atoms with E-state index in [4.69, 9.17) is 0 Å². The fraction of sp³-hybridized carbons (Fsp3) is 0.409. The van der Waals surface area contributed by atoms with E-state index >= 15 is 0 Å². The van der Waals surface area contributed by atoms with Crippen LogP contribution in [0.2, 0.25) is 0 Å². The Morgan fingerprint density at radius 2 is 1.46 bits per heavy atom. The van der Waals surface area contributed by atoms with Crippen molar-refractivity contribution in [2.45, 2.75) is 52.9 Å². The third-order valence-corrected chi connectivity index (χ3v) is 4.59. The molecule has 0 amide bonds. The zero-order valence-corrected chi connectivity index (χ0v) is 15.3. The molecule has 2 rings (SSSR count). The van der Waals surface area contributed by atoms with Gasteiger partial charge in [0.25, 0.3) is 0 Å². The Kier molecular flexibility index (Phi) is 5.82. The Morgan fingerprint density at radius 1 is 0.917 bits per heavy atom. The van der Waals surface area contributed by atoms with Crippen LogP contribution in [0.5, 0.6) is 0 Å². The molecule has 128 valence electrons. The van der Waals surface area contributed by atoms with Gasteiger partial charge in [0.15, 0.2) is 0 Å². The Hall–Kier alpha value is -2.09. The summed E-state index contributed by atoms with van der Waals surface area (Å²) in [6.07, 6.45) is 0.550. The highest BCUT2D eigenvalue weighted by molar-refractivity contribution is 5.73. The summed E-state index contributed by atoms with van der Waals surface area (Å²) in [6, 6.07) is 15.0. The molecule has 0 aromatic heterocycles. The molecule has 2 aromatic rings. The molecule has 0 aliphatic heterocycles. The fourth-order valence-corrected chi connectivity index (χ4v) is 2.90. The summed E-state index contributed by atoms with van der Waals surface area (Å²) < 4.78 is 0. The Labute approximate surface area is 145 Å². The third kappa shape index (κ3) is 4.25. The molecule has 1 atom stereocenters. The molecule has 0 fully saturated rings. The van der Waals surface area contributed by atoms with Crippen LogP contribution in [0, 0.1) is 5.92 Å². The van der Waals surface area contributed by atoms with Gasteiger partial charge in [-0.2, -0.15) is 0 Å². The van der Waals surface area contributed by atoms with E-state index < -0.39 is 5.97 Å². The SMILES string of the molecule is CC(Cc1ccccc1-c1cc(C(C)C)cc(C(C)C)c1)C(=O)O. The lowest BCUT2D eigenvalue weighted by molar-refractivity contribution is -0.141. The van der Waals surface area contributed by atoms with Crippen molar-refractivity contribution in [1.29, 1.82) is 0 Å². The van der Waals surface area contributed by atoms with Crippen molar-refractivity contribution >= 4 is 5.97 Å². The van der Waals surface area contributed by atoms with E-state index in [1.54, 1.807) is 6.92 Å². The van der Waals surface area contributed by atoms with Crippen LogP contribution >= 0.6 is 0 Å². The van der Waals surface area contributed by atoms with Crippen molar-refractivity contribution in [3.8, 4) is 11.1 Å². The summed E-state index contributed by atoms with van der Waals surface area (Å²) in [4.78, 5) is 11.2. The lowest BCUT2D eigenvalue weighted by Gasteiger charge is -2.17. The Balaban J connectivity index is 2.53. The van der Waals surface area contributed by atoms with Crippen molar-refractivity contribution in [2.75, 3.05) is 0 Å². The van der Waals surface area contributed by atoms with Crippen LogP contribution in [0.4, 0.5) is 0 Å². The normalized spacial score (nSPS) is 12.6. The summed E-state index contributed by atoms with van der Waals surface area (Å²) >= 11 is 0. The number of hydrogen-bond donors (Lipinski definition) is 1. The molecule has 1 N–H and O–H groups in total. The average molecular weight is 324 g/mol. The molecule has 1 unspecified atom stereocenters. The highest BCUT2D eigenvalue weighted by Gasteiger charge is 2.16. The highest BCUT2D eigenvalue weighted by Crippen LogP contribution is 2.32. The van der Waals surface area contributed by atoms with Crippen molar-refractivity contribution in [2.24, 2.45) is 5.92 Å². The molecule has 2 nitrogen and oxygen atoms in total. The molecule has 0 spiro atoms. The lowest BCUT2D eigenvalue weighted by Crippen LogP contribution is -2.12. The van der Waals surface area contributed by atoms with Crippen LogP contribution in [-0.2, 0) is 11.2 Å². The van der Waals surface area contributed by atoms with Gasteiger partial charge in [-0.05, 0) is 46.1 Å². The first-order chi connectivity index (χ1) is 11.3.